The highest BCUT2D eigenvalue weighted by Crippen LogP contribution is 2.11. The Labute approximate surface area is 75.4 Å². The Balaban J connectivity index is 2.23. The van der Waals surface area contributed by atoms with Gasteiger partial charge in [-0.25, -0.2) is 9.79 Å². The second-order valence-electron chi connectivity index (χ2n) is 2.57. The summed E-state index contributed by atoms with van der Waals surface area (Å²) in [4.78, 5) is 14.4. The van der Waals surface area contributed by atoms with Crippen molar-refractivity contribution in [3.8, 4) is 0 Å². The third-order valence-corrected chi connectivity index (χ3v) is 1.59. The number of cyclic esters (lactones) is 1. The van der Waals surface area contributed by atoms with Crippen LogP contribution < -0.4 is 0 Å². The minimum atomic E-state index is -0.415. The van der Waals surface area contributed by atoms with Crippen LogP contribution in [0.5, 0.6) is 0 Å². The van der Waals surface area contributed by atoms with E-state index in [1.54, 1.807) is 6.08 Å². The number of carbonyl (C=O) groups excluding carboxylic acids is 1. The summed E-state index contributed by atoms with van der Waals surface area (Å²) in [6.45, 7) is 0. The normalized spacial score (nSPS) is 17.8. The first-order chi connectivity index (χ1) is 6.34. The largest absolute Gasteiger partial charge is 0.403 e. The third kappa shape index (κ3) is 1.82. The number of nitrogens with zero attached hydrogens (tertiary/aromatic N) is 1. The predicted molar refractivity (Wildman–Crippen MR) is 49.0 cm³/mol. The number of benzene rings is 1. The molecule has 0 atom stereocenters. The molecule has 3 nitrogen and oxygen atoms in total. The van der Waals surface area contributed by atoms with Gasteiger partial charge >= 0.3 is 5.97 Å². The molecule has 13 heavy (non-hydrogen) atoms. The topological polar surface area (TPSA) is 38.7 Å². The Morgan fingerprint density at radius 2 is 2.00 bits per heavy atom. The van der Waals surface area contributed by atoms with E-state index in [0.717, 1.165) is 11.8 Å². The maximum atomic E-state index is 10.6. The number of carbonyl (C=O) groups is 1. The van der Waals surface area contributed by atoms with Crippen molar-refractivity contribution in [1.29, 1.82) is 0 Å². The van der Waals surface area contributed by atoms with Gasteiger partial charge in [0.2, 0.25) is 5.88 Å². The zero-order valence-electron chi connectivity index (χ0n) is 6.81. The Kier molecular flexibility index (Phi) is 1.92. The fraction of sp³-hybridized carbons (Fsp3) is 0. The molecule has 0 saturated heterocycles. The lowest BCUT2D eigenvalue weighted by Gasteiger charge is -1.93. The van der Waals surface area contributed by atoms with Crippen LogP contribution >= 0.6 is 0 Å². The minimum absolute atomic E-state index is 0.344. The second kappa shape index (κ2) is 3.23. The third-order valence-electron chi connectivity index (χ3n) is 1.59. The Morgan fingerprint density at radius 1 is 1.23 bits per heavy atom. The number of esters is 1. The first kappa shape index (κ1) is 7.73. The molecular weight excluding hydrogens is 167 g/mol. The molecule has 0 fully saturated rings. The lowest BCUT2D eigenvalue weighted by Crippen LogP contribution is -1.94. The molecule has 0 radical (unpaired) electrons. The van der Waals surface area contributed by atoms with E-state index < -0.39 is 5.97 Å². The first-order valence-electron chi connectivity index (χ1n) is 3.87. The van der Waals surface area contributed by atoms with Crippen LogP contribution in [0.15, 0.2) is 41.2 Å². The van der Waals surface area contributed by atoms with Crippen LogP contribution in [0.4, 0.5) is 0 Å². The molecule has 2 rings (SSSR count). The molecule has 3 heteroatoms. The summed E-state index contributed by atoms with van der Waals surface area (Å²) in [7, 11) is 0. The number of rotatable bonds is 1. The van der Waals surface area contributed by atoms with Crippen molar-refractivity contribution in [1.82, 2.24) is 0 Å². The maximum Gasteiger partial charge on any atom is 0.356 e. The highest BCUT2D eigenvalue weighted by atomic mass is 16.6. The smallest absolute Gasteiger partial charge is 0.356 e. The summed E-state index contributed by atoms with van der Waals surface area (Å²) in [5.41, 5.74) is 0.962. The zero-order valence-corrected chi connectivity index (χ0v) is 6.81. The van der Waals surface area contributed by atoms with Crippen molar-refractivity contribution in [2.24, 2.45) is 4.99 Å². The molecular formula is C10H7NO2. The standard InChI is InChI=1S/C10H7NO2/c12-10-7-11-9(13-10)6-8-4-2-1-3-5-8/h1-7H/b9-6+/i7+1. The van der Waals surface area contributed by atoms with Gasteiger partial charge in [0, 0.05) is 6.08 Å². The van der Waals surface area contributed by atoms with Crippen LogP contribution in [-0.4, -0.2) is 12.2 Å². The minimum Gasteiger partial charge on any atom is -0.403 e. The van der Waals surface area contributed by atoms with Gasteiger partial charge in [-0.2, -0.15) is 0 Å². The molecule has 1 aliphatic rings. The number of aliphatic imine (C=N–C) groups is 1. The number of ether oxygens (including phenoxy) is 1. The van der Waals surface area contributed by atoms with E-state index in [-0.39, 0.29) is 0 Å². The summed E-state index contributed by atoms with van der Waals surface area (Å²) < 4.78 is 4.77. The lowest BCUT2D eigenvalue weighted by atomic mass is 10.2. The molecule has 0 aromatic heterocycles. The van der Waals surface area contributed by atoms with E-state index in [0.29, 0.717) is 5.88 Å². The summed E-state index contributed by atoms with van der Waals surface area (Å²) in [6, 6.07) is 9.56. The average Bonchev–Trinajstić information content (AvgIpc) is 2.53. The summed E-state index contributed by atoms with van der Waals surface area (Å²) in [6.07, 6.45) is 2.87. The summed E-state index contributed by atoms with van der Waals surface area (Å²) in [5.74, 6) is -0.0709. The van der Waals surface area contributed by atoms with Crippen LogP contribution in [0, 0.1) is 0 Å². The SMILES string of the molecule is O=C1[13CH]=N/C(=C\c2ccccc2)O1. The van der Waals surface area contributed by atoms with E-state index in [4.69, 9.17) is 4.74 Å². The van der Waals surface area contributed by atoms with Gasteiger partial charge in [-0.05, 0) is 5.56 Å². The highest BCUT2D eigenvalue weighted by Gasteiger charge is 2.10. The lowest BCUT2D eigenvalue weighted by molar-refractivity contribution is -0.129. The first-order valence-corrected chi connectivity index (χ1v) is 3.87. The molecule has 0 unspecified atom stereocenters. The van der Waals surface area contributed by atoms with E-state index in [9.17, 15) is 4.79 Å². The average molecular weight is 174 g/mol. The van der Waals surface area contributed by atoms with Crippen molar-refractivity contribution in [2.75, 3.05) is 0 Å². The molecule has 0 saturated carbocycles. The number of hydrogen-bond acceptors (Lipinski definition) is 3. The fourth-order valence-corrected chi connectivity index (χ4v) is 1.03. The van der Waals surface area contributed by atoms with Crippen molar-refractivity contribution in [3.63, 3.8) is 0 Å². The molecule has 0 aliphatic carbocycles. The molecule has 0 N–H and O–H groups in total. The monoisotopic (exact) mass is 174 g/mol. The van der Waals surface area contributed by atoms with Gasteiger partial charge in [-0.15, -0.1) is 0 Å². The Morgan fingerprint density at radius 3 is 2.62 bits per heavy atom. The highest BCUT2D eigenvalue weighted by molar-refractivity contribution is 6.25. The van der Waals surface area contributed by atoms with E-state index in [1.807, 2.05) is 30.3 Å². The Bertz CT molecular complexity index is 379. The van der Waals surface area contributed by atoms with E-state index in [2.05, 4.69) is 4.99 Å². The molecule has 0 spiro atoms. The van der Waals surface area contributed by atoms with Gasteiger partial charge < -0.3 is 4.74 Å². The molecule has 1 aromatic carbocycles. The number of hydrogen-bond donors (Lipinski definition) is 0. The summed E-state index contributed by atoms with van der Waals surface area (Å²) in [5, 5.41) is 0. The zero-order chi connectivity index (χ0) is 9.10. The quantitative estimate of drug-likeness (QED) is 0.479. The van der Waals surface area contributed by atoms with Crippen LogP contribution in [0.3, 0.4) is 0 Å². The van der Waals surface area contributed by atoms with Crippen molar-refractivity contribution in [2.45, 2.75) is 0 Å². The van der Waals surface area contributed by atoms with Gasteiger partial charge in [0.05, 0.1) is 0 Å². The van der Waals surface area contributed by atoms with Crippen molar-refractivity contribution < 1.29 is 9.53 Å². The van der Waals surface area contributed by atoms with Gasteiger partial charge in [0.25, 0.3) is 0 Å². The predicted octanol–water partition coefficient (Wildman–Crippen LogP) is 1.61. The van der Waals surface area contributed by atoms with Crippen molar-refractivity contribution >= 4 is 18.3 Å². The van der Waals surface area contributed by atoms with Gasteiger partial charge in [-0.3, -0.25) is 0 Å². The van der Waals surface area contributed by atoms with Crippen LogP contribution in [0.1, 0.15) is 5.56 Å². The second-order valence-corrected chi connectivity index (χ2v) is 2.57. The molecule has 1 aliphatic heterocycles. The maximum absolute atomic E-state index is 10.6. The summed E-state index contributed by atoms with van der Waals surface area (Å²) >= 11 is 0. The van der Waals surface area contributed by atoms with Crippen LogP contribution in [0.2, 0.25) is 0 Å². The molecule has 64 valence electrons. The van der Waals surface area contributed by atoms with Gasteiger partial charge in [0.15, 0.2) is 0 Å². The molecule has 0 bridgehead atoms. The van der Waals surface area contributed by atoms with Crippen LogP contribution in [0.25, 0.3) is 6.08 Å². The van der Waals surface area contributed by atoms with Gasteiger partial charge in [0.1, 0.15) is 6.21 Å². The van der Waals surface area contributed by atoms with Gasteiger partial charge in [-0.1, -0.05) is 30.3 Å². The molecule has 1 aromatic rings. The molecule has 1 heterocycles. The van der Waals surface area contributed by atoms with E-state index >= 15 is 0 Å². The van der Waals surface area contributed by atoms with Crippen LogP contribution in [-0.2, 0) is 9.53 Å². The Hall–Kier alpha value is -1.90. The fourth-order valence-electron chi connectivity index (χ4n) is 1.03. The molecule has 0 amide bonds. The van der Waals surface area contributed by atoms with E-state index in [1.165, 1.54) is 0 Å². The van der Waals surface area contributed by atoms with Crippen molar-refractivity contribution in [3.05, 3.63) is 41.8 Å².